The predicted octanol–water partition coefficient (Wildman–Crippen LogP) is 5.52. The van der Waals surface area contributed by atoms with Crippen LogP contribution in [0.5, 0.6) is 5.75 Å². The second-order valence-electron chi connectivity index (χ2n) is 9.53. The van der Waals surface area contributed by atoms with Crippen LogP contribution in [0.25, 0.3) is 11.4 Å². The van der Waals surface area contributed by atoms with E-state index in [-0.39, 0.29) is 11.8 Å². The zero-order valence-electron chi connectivity index (χ0n) is 21.1. The lowest BCUT2D eigenvalue weighted by molar-refractivity contribution is -0.121. The molecule has 0 atom stereocenters. The Morgan fingerprint density at radius 1 is 1.03 bits per heavy atom. The largest absolute Gasteiger partial charge is 0.493 e. The third-order valence-corrected chi connectivity index (χ3v) is 6.67. The van der Waals surface area contributed by atoms with E-state index in [9.17, 15) is 4.79 Å². The van der Waals surface area contributed by atoms with Gasteiger partial charge in [0.2, 0.25) is 17.6 Å². The lowest BCUT2D eigenvalue weighted by Gasteiger charge is -2.30. The first-order valence-electron chi connectivity index (χ1n) is 12.8. The molecule has 1 aliphatic heterocycles. The Labute approximate surface area is 217 Å². The van der Waals surface area contributed by atoms with Crippen molar-refractivity contribution in [3.05, 3.63) is 95.9 Å². The van der Waals surface area contributed by atoms with Gasteiger partial charge in [-0.05, 0) is 56.6 Å². The first kappa shape index (κ1) is 24.7. The number of amides is 1. The molecule has 1 saturated heterocycles. The molecule has 1 aliphatic rings. The maximum atomic E-state index is 12.9. The molecule has 7 nitrogen and oxygen atoms in total. The van der Waals surface area contributed by atoms with Gasteiger partial charge < -0.3 is 14.6 Å². The number of nitrogens with one attached hydrogen (secondary N) is 1. The summed E-state index contributed by atoms with van der Waals surface area (Å²) in [6.07, 6.45) is 2.42. The molecular formula is C30H32N4O3. The van der Waals surface area contributed by atoms with Crippen molar-refractivity contribution in [3.8, 4) is 17.1 Å². The standard InChI is InChI=1S/C30H32N4O3/c1-22-7-5-10-25(19-22)29-32-28(37-33-29)21-34-16-13-24(14-17-34)30(35)31-26-11-6-12-27(20-26)36-18-15-23-8-3-2-4-9-23/h2-12,19-20,24H,13-18,21H2,1H3,(H,31,35). The van der Waals surface area contributed by atoms with Gasteiger partial charge in [-0.2, -0.15) is 4.98 Å². The average molecular weight is 497 g/mol. The molecule has 1 fully saturated rings. The van der Waals surface area contributed by atoms with Gasteiger partial charge in [0.15, 0.2) is 0 Å². The summed E-state index contributed by atoms with van der Waals surface area (Å²) in [5, 5.41) is 7.21. The number of hydrogen-bond donors (Lipinski definition) is 1. The van der Waals surface area contributed by atoms with Crippen molar-refractivity contribution >= 4 is 11.6 Å². The van der Waals surface area contributed by atoms with E-state index in [1.54, 1.807) is 0 Å². The molecule has 2 heterocycles. The minimum absolute atomic E-state index is 0.0237. The number of hydrogen-bond acceptors (Lipinski definition) is 6. The van der Waals surface area contributed by atoms with Crippen molar-refractivity contribution in [2.24, 2.45) is 5.92 Å². The topological polar surface area (TPSA) is 80.5 Å². The van der Waals surface area contributed by atoms with Crippen LogP contribution in [0.2, 0.25) is 0 Å². The summed E-state index contributed by atoms with van der Waals surface area (Å²) in [7, 11) is 0. The molecule has 1 amide bonds. The molecule has 0 radical (unpaired) electrons. The third-order valence-electron chi connectivity index (χ3n) is 6.67. The van der Waals surface area contributed by atoms with Gasteiger partial charge in [-0.15, -0.1) is 0 Å². The number of likely N-dealkylation sites (tertiary alicyclic amines) is 1. The number of rotatable bonds is 9. The van der Waals surface area contributed by atoms with Crippen molar-refractivity contribution in [1.29, 1.82) is 0 Å². The summed E-state index contributed by atoms with van der Waals surface area (Å²) in [6.45, 7) is 4.84. The van der Waals surface area contributed by atoms with E-state index in [0.29, 0.717) is 24.9 Å². The summed E-state index contributed by atoms with van der Waals surface area (Å²) >= 11 is 0. The first-order valence-corrected chi connectivity index (χ1v) is 12.8. The Hall–Kier alpha value is -3.97. The van der Waals surface area contributed by atoms with Gasteiger partial charge >= 0.3 is 0 Å². The van der Waals surface area contributed by atoms with Gasteiger partial charge in [-0.3, -0.25) is 9.69 Å². The number of carbonyl (C=O) groups excluding carboxylic acids is 1. The van der Waals surface area contributed by atoms with Gasteiger partial charge in [-0.1, -0.05) is 65.3 Å². The van der Waals surface area contributed by atoms with Crippen LogP contribution < -0.4 is 10.1 Å². The molecule has 0 bridgehead atoms. The Balaban J connectivity index is 1.07. The molecule has 1 N–H and O–H groups in total. The third kappa shape index (κ3) is 6.83. The van der Waals surface area contributed by atoms with Gasteiger partial charge in [0.25, 0.3) is 0 Å². The van der Waals surface area contributed by atoms with Crippen LogP contribution >= 0.6 is 0 Å². The molecule has 1 aromatic heterocycles. The van der Waals surface area contributed by atoms with Gasteiger partial charge in [0, 0.05) is 29.7 Å². The SMILES string of the molecule is Cc1cccc(-c2noc(CN3CCC(C(=O)Nc4cccc(OCCc5ccccc5)c4)CC3)n2)c1. The van der Waals surface area contributed by atoms with E-state index in [1.165, 1.54) is 5.56 Å². The monoisotopic (exact) mass is 496 g/mol. The lowest BCUT2D eigenvalue weighted by atomic mass is 9.96. The quantitative estimate of drug-likeness (QED) is 0.329. The first-order chi connectivity index (χ1) is 18.1. The molecule has 7 heteroatoms. The number of piperidine rings is 1. The Morgan fingerprint density at radius 2 is 1.84 bits per heavy atom. The van der Waals surface area contributed by atoms with E-state index in [4.69, 9.17) is 9.26 Å². The van der Waals surface area contributed by atoms with Crippen molar-refractivity contribution in [2.45, 2.75) is 32.7 Å². The van der Waals surface area contributed by atoms with Crippen LogP contribution in [-0.2, 0) is 17.8 Å². The van der Waals surface area contributed by atoms with E-state index >= 15 is 0 Å². The highest BCUT2D eigenvalue weighted by molar-refractivity contribution is 5.92. The molecular weight excluding hydrogens is 464 g/mol. The lowest BCUT2D eigenvalue weighted by Crippen LogP contribution is -2.37. The number of ether oxygens (including phenoxy) is 1. The maximum absolute atomic E-state index is 12.9. The molecule has 3 aromatic carbocycles. The molecule has 0 aliphatic carbocycles. The molecule has 5 rings (SSSR count). The van der Waals surface area contributed by atoms with Gasteiger partial charge in [0.05, 0.1) is 13.2 Å². The van der Waals surface area contributed by atoms with Crippen molar-refractivity contribution < 1.29 is 14.1 Å². The van der Waals surface area contributed by atoms with Crippen molar-refractivity contribution in [3.63, 3.8) is 0 Å². The number of anilines is 1. The summed E-state index contributed by atoms with van der Waals surface area (Å²) in [4.78, 5) is 19.7. The van der Waals surface area contributed by atoms with E-state index in [0.717, 1.165) is 54.9 Å². The summed E-state index contributed by atoms with van der Waals surface area (Å²) in [6, 6.07) is 25.9. The molecule has 4 aromatic rings. The van der Waals surface area contributed by atoms with E-state index < -0.39 is 0 Å². The minimum Gasteiger partial charge on any atom is -0.493 e. The Morgan fingerprint density at radius 3 is 2.65 bits per heavy atom. The Bertz CT molecular complexity index is 1310. The highest BCUT2D eigenvalue weighted by Crippen LogP contribution is 2.24. The summed E-state index contributed by atoms with van der Waals surface area (Å²) < 4.78 is 11.4. The second kappa shape index (κ2) is 11.8. The predicted molar refractivity (Wildman–Crippen MR) is 143 cm³/mol. The zero-order valence-corrected chi connectivity index (χ0v) is 21.1. The summed E-state index contributed by atoms with van der Waals surface area (Å²) in [5.74, 6) is 2.00. The van der Waals surface area contributed by atoms with Crippen LogP contribution in [0.3, 0.4) is 0 Å². The van der Waals surface area contributed by atoms with Crippen LogP contribution in [0.1, 0.15) is 29.9 Å². The molecule has 190 valence electrons. The summed E-state index contributed by atoms with van der Waals surface area (Å²) in [5.41, 5.74) is 4.12. The zero-order chi connectivity index (χ0) is 25.5. The number of benzene rings is 3. The van der Waals surface area contributed by atoms with Crippen LogP contribution in [0.15, 0.2) is 83.4 Å². The maximum Gasteiger partial charge on any atom is 0.241 e. The highest BCUT2D eigenvalue weighted by atomic mass is 16.5. The Kier molecular flexibility index (Phi) is 7.91. The average Bonchev–Trinajstić information content (AvgIpc) is 3.38. The van der Waals surface area contributed by atoms with Crippen LogP contribution in [-0.4, -0.2) is 40.6 Å². The molecule has 0 saturated carbocycles. The smallest absolute Gasteiger partial charge is 0.241 e. The van der Waals surface area contributed by atoms with Gasteiger partial charge in [-0.25, -0.2) is 0 Å². The van der Waals surface area contributed by atoms with Crippen LogP contribution in [0, 0.1) is 12.8 Å². The fourth-order valence-electron chi connectivity index (χ4n) is 4.60. The molecule has 0 unspecified atom stereocenters. The van der Waals surface area contributed by atoms with E-state index in [1.807, 2.05) is 73.7 Å². The van der Waals surface area contributed by atoms with Crippen LogP contribution in [0.4, 0.5) is 5.69 Å². The molecule has 37 heavy (non-hydrogen) atoms. The fourth-order valence-corrected chi connectivity index (χ4v) is 4.60. The fraction of sp³-hybridized carbons (Fsp3) is 0.300. The minimum atomic E-state index is -0.0237. The van der Waals surface area contributed by atoms with Gasteiger partial charge in [0.1, 0.15) is 5.75 Å². The van der Waals surface area contributed by atoms with Crippen molar-refractivity contribution in [1.82, 2.24) is 15.0 Å². The number of carbonyl (C=O) groups is 1. The normalized spacial score (nSPS) is 14.4. The highest BCUT2D eigenvalue weighted by Gasteiger charge is 2.26. The van der Waals surface area contributed by atoms with E-state index in [2.05, 4.69) is 32.5 Å². The number of nitrogens with zero attached hydrogens (tertiary/aromatic N) is 3. The second-order valence-corrected chi connectivity index (χ2v) is 9.53. The number of aromatic nitrogens is 2. The number of aryl methyl sites for hydroxylation is 1. The van der Waals surface area contributed by atoms with Crippen molar-refractivity contribution in [2.75, 3.05) is 25.0 Å². The molecule has 0 spiro atoms.